The number of rotatable bonds is 2. The lowest BCUT2D eigenvalue weighted by molar-refractivity contribution is 0.525. The molecule has 0 saturated heterocycles. The van der Waals surface area contributed by atoms with Gasteiger partial charge in [0.2, 0.25) is 0 Å². The Balaban J connectivity index is 2.49. The zero-order chi connectivity index (χ0) is 9.26. The molecule has 68 valence electrons. The molecule has 3 heteroatoms. The van der Waals surface area contributed by atoms with Gasteiger partial charge in [-0.05, 0) is 18.6 Å². The Hall–Kier alpha value is -1.38. The monoisotopic (exact) mass is 179 g/mol. The second-order valence-corrected chi connectivity index (χ2v) is 2.97. The molecule has 1 aromatic carbocycles. The zero-order valence-electron chi connectivity index (χ0n) is 7.38. The molecule has 0 radical (unpaired) electrons. The number of fused-ring (bicyclic) bond motifs is 1. The smallest absolute Gasteiger partial charge is 0.195 e. The van der Waals surface area contributed by atoms with E-state index >= 15 is 0 Å². The molecule has 2 aromatic rings. The third-order valence-electron chi connectivity index (χ3n) is 1.86. The minimum atomic E-state index is -0.274. The molecule has 0 aliphatic heterocycles. The van der Waals surface area contributed by atoms with E-state index in [0.717, 1.165) is 12.8 Å². The Kier molecular flexibility index (Phi) is 2.00. The first kappa shape index (κ1) is 8.23. The molecule has 13 heavy (non-hydrogen) atoms. The van der Waals surface area contributed by atoms with Crippen molar-refractivity contribution in [2.24, 2.45) is 0 Å². The van der Waals surface area contributed by atoms with Crippen LogP contribution in [0.15, 0.2) is 22.6 Å². The number of hydrogen-bond donors (Lipinski definition) is 0. The lowest BCUT2D eigenvalue weighted by atomic mass is 10.3. The first-order chi connectivity index (χ1) is 6.29. The molecule has 0 atom stereocenters. The number of benzene rings is 1. The summed E-state index contributed by atoms with van der Waals surface area (Å²) in [4.78, 5) is 4.16. The molecule has 0 aliphatic carbocycles. The number of halogens is 1. The third kappa shape index (κ3) is 1.54. The van der Waals surface area contributed by atoms with Gasteiger partial charge in [0.1, 0.15) is 11.3 Å². The van der Waals surface area contributed by atoms with E-state index in [0.29, 0.717) is 17.0 Å². The van der Waals surface area contributed by atoms with E-state index in [4.69, 9.17) is 4.42 Å². The number of hydrogen-bond acceptors (Lipinski definition) is 2. The van der Waals surface area contributed by atoms with Gasteiger partial charge in [0.25, 0.3) is 0 Å². The normalized spacial score (nSPS) is 10.9. The molecule has 0 amide bonds. The average Bonchev–Trinajstić information content (AvgIpc) is 2.46. The lowest BCUT2D eigenvalue weighted by Crippen LogP contribution is -1.80. The van der Waals surface area contributed by atoms with Crippen molar-refractivity contribution in [2.75, 3.05) is 0 Å². The van der Waals surface area contributed by atoms with Crippen LogP contribution >= 0.6 is 0 Å². The average molecular weight is 179 g/mol. The summed E-state index contributed by atoms with van der Waals surface area (Å²) in [5, 5.41) is 0. The second kappa shape index (κ2) is 3.17. The molecule has 0 fully saturated rings. The second-order valence-electron chi connectivity index (χ2n) is 2.97. The summed E-state index contributed by atoms with van der Waals surface area (Å²) in [5.74, 6) is 0.409. The lowest BCUT2D eigenvalue weighted by Gasteiger charge is -1.85. The van der Waals surface area contributed by atoms with E-state index in [1.165, 1.54) is 12.1 Å². The van der Waals surface area contributed by atoms with E-state index in [-0.39, 0.29) is 5.82 Å². The molecule has 2 rings (SSSR count). The molecule has 1 aromatic heterocycles. The molecule has 0 aliphatic rings. The predicted octanol–water partition coefficient (Wildman–Crippen LogP) is 2.92. The van der Waals surface area contributed by atoms with Crippen molar-refractivity contribution in [3.8, 4) is 0 Å². The summed E-state index contributed by atoms with van der Waals surface area (Å²) >= 11 is 0. The van der Waals surface area contributed by atoms with Gasteiger partial charge >= 0.3 is 0 Å². The van der Waals surface area contributed by atoms with Gasteiger partial charge in [-0.2, -0.15) is 0 Å². The maximum absolute atomic E-state index is 12.8. The van der Waals surface area contributed by atoms with Crippen molar-refractivity contribution in [3.05, 3.63) is 29.9 Å². The molecule has 0 N–H and O–H groups in total. The first-order valence-corrected chi connectivity index (χ1v) is 4.34. The van der Waals surface area contributed by atoms with Crippen LogP contribution in [0.4, 0.5) is 4.39 Å². The van der Waals surface area contributed by atoms with Crippen molar-refractivity contribution in [2.45, 2.75) is 19.8 Å². The number of nitrogens with zero attached hydrogens (tertiary/aromatic N) is 1. The van der Waals surface area contributed by atoms with Crippen molar-refractivity contribution < 1.29 is 8.81 Å². The minimum Gasteiger partial charge on any atom is -0.441 e. The van der Waals surface area contributed by atoms with Gasteiger partial charge in [0.05, 0.1) is 0 Å². The summed E-state index contributed by atoms with van der Waals surface area (Å²) in [7, 11) is 0. The molecule has 0 spiro atoms. The van der Waals surface area contributed by atoms with Crippen LogP contribution in [0.3, 0.4) is 0 Å². The summed E-state index contributed by atoms with van der Waals surface area (Å²) in [6, 6.07) is 4.37. The fourth-order valence-electron chi connectivity index (χ4n) is 1.27. The molecule has 2 nitrogen and oxygen atoms in total. The predicted molar refractivity (Wildman–Crippen MR) is 48.0 cm³/mol. The van der Waals surface area contributed by atoms with Crippen LogP contribution in [-0.2, 0) is 6.42 Å². The van der Waals surface area contributed by atoms with E-state index < -0.39 is 0 Å². The highest BCUT2D eigenvalue weighted by atomic mass is 19.1. The Labute approximate surface area is 75.4 Å². The van der Waals surface area contributed by atoms with Crippen LogP contribution in [0.1, 0.15) is 19.2 Å². The van der Waals surface area contributed by atoms with Crippen molar-refractivity contribution >= 4 is 11.1 Å². The quantitative estimate of drug-likeness (QED) is 0.708. The topological polar surface area (TPSA) is 26.0 Å². The minimum absolute atomic E-state index is 0.274. The summed E-state index contributed by atoms with van der Waals surface area (Å²) < 4.78 is 18.1. The fraction of sp³-hybridized carbons (Fsp3) is 0.300. The SMILES string of the molecule is CCCc1nc2cc(F)ccc2o1. The van der Waals surface area contributed by atoms with E-state index in [1.54, 1.807) is 6.07 Å². The summed E-state index contributed by atoms with van der Waals surface area (Å²) in [6.45, 7) is 2.05. The number of oxazole rings is 1. The van der Waals surface area contributed by atoms with Crippen molar-refractivity contribution in [1.29, 1.82) is 0 Å². The third-order valence-corrected chi connectivity index (χ3v) is 1.86. The Bertz CT molecular complexity index is 422. The van der Waals surface area contributed by atoms with Crippen molar-refractivity contribution in [3.63, 3.8) is 0 Å². The van der Waals surface area contributed by atoms with Gasteiger partial charge in [-0.3, -0.25) is 0 Å². The van der Waals surface area contributed by atoms with Crippen LogP contribution in [0.2, 0.25) is 0 Å². The number of aryl methyl sites for hydroxylation is 1. The largest absolute Gasteiger partial charge is 0.441 e. The maximum Gasteiger partial charge on any atom is 0.195 e. The van der Waals surface area contributed by atoms with Crippen LogP contribution in [0.25, 0.3) is 11.1 Å². The van der Waals surface area contributed by atoms with E-state index in [2.05, 4.69) is 11.9 Å². The highest BCUT2D eigenvalue weighted by Gasteiger charge is 2.04. The Morgan fingerprint density at radius 1 is 1.46 bits per heavy atom. The highest BCUT2D eigenvalue weighted by Crippen LogP contribution is 2.17. The molecular formula is C10H10FNO. The Morgan fingerprint density at radius 3 is 3.08 bits per heavy atom. The van der Waals surface area contributed by atoms with Crippen LogP contribution in [-0.4, -0.2) is 4.98 Å². The zero-order valence-corrected chi connectivity index (χ0v) is 7.38. The fourth-order valence-corrected chi connectivity index (χ4v) is 1.27. The molecule has 0 saturated carbocycles. The van der Waals surface area contributed by atoms with E-state index in [9.17, 15) is 4.39 Å². The van der Waals surface area contributed by atoms with Crippen LogP contribution < -0.4 is 0 Å². The van der Waals surface area contributed by atoms with Gasteiger partial charge in [0, 0.05) is 12.5 Å². The summed E-state index contributed by atoms with van der Waals surface area (Å²) in [5.41, 5.74) is 1.26. The van der Waals surface area contributed by atoms with Gasteiger partial charge in [-0.25, -0.2) is 9.37 Å². The standard InChI is InChI=1S/C10H10FNO/c1-2-3-10-12-8-6-7(11)4-5-9(8)13-10/h4-6H,2-3H2,1H3. The number of aromatic nitrogens is 1. The molecule has 1 heterocycles. The highest BCUT2D eigenvalue weighted by molar-refractivity contribution is 5.72. The van der Waals surface area contributed by atoms with Gasteiger partial charge in [-0.15, -0.1) is 0 Å². The van der Waals surface area contributed by atoms with Gasteiger partial charge in [0.15, 0.2) is 11.5 Å². The molecular weight excluding hydrogens is 169 g/mol. The molecule has 0 unspecified atom stereocenters. The van der Waals surface area contributed by atoms with Crippen LogP contribution in [0, 0.1) is 5.82 Å². The Morgan fingerprint density at radius 2 is 2.31 bits per heavy atom. The van der Waals surface area contributed by atoms with Crippen molar-refractivity contribution in [1.82, 2.24) is 4.98 Å². The summed E-state index contributed by atoms with van der Waals surface area (Å²) in [6.07, 6.45) is 1.78. The van der Waals surface area contributed by atoms with Crippen LogP contribution in [0.5, 0.6) is 0 Å². The maximum atomic E-state index is 12.8. The van der Waals surface area contributed by atoms with Gasteiger partial charge in [-0.1, -0.05) is 6.92 Å². The first-order valence-electron chi connectivity index (χ1n) is 4.34. The van der Waals surface area contributed by atoms with Gasteiger partial charge < -0.3 is 4.42 Å². The van der Waals surface area contributed by atoms with E-state index in [1.807, 2.05) is 0 Å². The molecule has 0 bridgehead atoms.